The van der Waals surface area contributed by atoms with Gasteiger partial charge in [0.1, 0.15) is 4.88 Å². The van der Waals surface area contributed by atoms with Crippen molar-refractivity contribution in [3.8, 4) is 0 Å². The van der Waals surface area contributed by atoms with E-state index in [2.05, 4.69) is 0 Å². The van der Waals surface area contributed by atoms with Gasteiger partial charge in [-0.2, -0.15) is 0 Å². The zero-order valence-electron chi connectivity index (χ0n) is 6.52. The van der Waals surface area contributed by atoms with Crippen LogP contribution in [-0.2, 0) is 16.0 Å². The van der Waals surface area contributed by atoms with Gasteiger partial charge in [0, 0.05) is 6.42 Å². The van der Waals surface area contributed by atoms with E-state index < -0.39 is 18.0 Å². The minimum atomic E-state index is -1.09. The molecular formula is C8H6O4S. The van der Waals surface area contributed by atoms with Crippen molar-refractivity contribution in [3.63, 3.8) is 0 Å². The number of ether oxygens (including phenoxy) is 1. The molecule has 1 aliphatic rings. The molecule has 5 heteroatoms. The maximum atomic E-state index is 11.2. The van der Waals surface area contributed by atoms with Gasteiger partial charge in [0.25, 0.3) is 0 Å². The van der Waals surface area contributed by atoms with Crippen molar-refractivity contribution in [2.75, 3.05) is 0 Å². The van der Waals surface area contributed by atoms with Gasteiger partial charge in [-0.15, -0.1) is 11.3 Å². The van der Waals surface area contributed by atoms with E-state index in [1.54, 1.807) is 11.4 Å². The van der Waals surface area contributed by atoms with Crippen LogP contribution in [0.15, 0.2) is 11.4 Å². The van der Waals surface area contributed by atoms with E-state index in [0.29, 0.717) is 4.88 Å². The highest BCUT2D eigenvalue weighted by atomic mass is 32.1. The number of carbonyl (C=O) groups is 2. The lowest BCUT2D eigenvalue weighted by Gasteiger charge is -2.18. The summed E-state index contributed by atoms with van der Waals surface area (Å²) in [6, 6.07) is 1.76. The Bertz CT molecular complexity index is 368. The predicted octanol–water partition coefficient (Wildman–Crippen LogP) is 0.914. The highest BCUT2D eigenvalue weighted by molar-refractivity contribution is 7.12. The predicted molar refractivity (Wildman–Crippen MR) is 44.9 cm³/mol. The molecule has 1 aromatic heterocycles. The second-order valence-electron chi connectivity index (χ2n) is 2.71. The maximum Gasteiger partial charge on any atom is 0.349 e. The standard InChI is InChI=1S/C8H6O4S/c9-7(10)5-3-4-1-2-13-6(4)8(11)12-5/h1-2,5H,3H2,(H,9,10). The molecule has 0 fully saturated rings. The fourth-order valence-electron chi connectivity index (χ4n) is 1.24. The van der Waals surface area contributed by atoms with Gasteiger partial charge >= 0.3 is 11.9 Å². The van der Waals surface area contributed by atoms with Crippen LogP contribution < -0.4 is 0 Å². The van der Waals surface area contributed by atoms with Crippen molar-refractivity contribution >= 4 is 23.3 Å². The Hall–Kier alpha value is -1.36. The summed E-state index contributed by atoms with van der Waals surface area (Å²) in [5, 5.41) is 10.4. The minimum absolute atomic E-state index is 0.278. The lowest BCUT2D eigenvalue weighted by Crippen LogP contribution is -2.33. The fourth-order valence-corrected chi connectivity index (χ4v) is 2.05. The summed E-state index contributed by atoms with van der Waals surface area (Å²) in [4.78, 5) is 22.3. The fraction of sp³-hybridized carbons (Fsp3) is 0.250. The molecule has 13 heavy (non-hydrogen) atoms. The summed E-state index contributed by atoms with van der Waals surface area (Å²) in [6.07, 6.45) is -0.741. The number of hydrogen-bond acceptors (Lipinski definition) is 4. The SMILES string of the molecule is O=C1OC(C(=O)O)Cc2ccsc21. The zero-order valence-corrected chi connectivity index (χ0v) is 7.34. The van der Waals surface area contributed by atoms with Gasteiger partial charge in [0.05, 0.1) is 0 Å². The van der Waals surface area contributed by atoms with Gasteiger partial charge in [-0.1, -0.05) is 0 Å². The molecule has 4 nitrogen and oxygen atoms in total. The van der Waals surface area contributed by atoms with E-state index in [1.807, 2.05) is 0 Å². The van der Waals surface area contributed by atoms with Gasteiger partial charge in [-0.05, 0) is 17.0 Å². The number of esters is 1. The number of hydrogen-bond donors (Lipinski definition) is 1. The average molecular weight is 198 g/mol. The normalized spacial score (nSPS) is 20.6. The summed E-state index contributed by atoms with van der Waals surface area (Å²) in [5.74, 6) is -1.62. The largest absolute Gasteiger partial charge is 0.478 e. The van der Waals surface area contributed by atoms with Crippen LogP contribution in [0.2, 0.25) is 0 Å². The number of rotatable bonds is 1. The Morgan fingerprint density at radius 2 is 2.46 bits per heavy atom. The number of cyclic esters (lactones) is 1. The molecule has 0 radical (unpaired) electrons. The van der Waals surface area contributed by atoms with Crippen LogP contribution in [0.4, 0.5) is 0 Å². The molecule has 0 saturated carbocycles. The first-order chi connectivity index (χ1) is 6.18. The molecule has 0 amide bonds. The van der Waals surface area contributed by atoms with Crippen molar-refractivity contribution in [1.29, 1.82) is 0 Å². The molecule has 0 bridgehead atoms. The van der Waals surface area contributed by atoms with Crippen LogP contribution in [0.1, 0.15) is 15.2 Å². The van der Waals surface area contributed by atoms with Crippen LogP contribution in [0.5, 0.6) is 0 Å². The van der Waals surface area contributed by atoms with E-state index >= 15 is 0 Å². The molecule has 0 saturated heterocycles. The summed E-state index contributed by atoms with van der Waals surface area (Å²) in [7, 11) is 0. The highest BCUT2D eigenvalue weighted by Gasteiger charge is 2.31. The molecule has 2 rings (SSSR count). The Morgan fingerprint density at radius 3 is 3.15 bits per heavy atom. The van der Waals surface area contributed by atoms with E-state index in [0.717, 1.165) is 5.56 Å². The van der Waals surface area contributed by atoms with Crippen molar-refractivity contribution in [2.24, 2.45) is 0 Å². The zero-order chi connectivity index (χ0) is 9.42. The summed E-state index contributed by atoms with van der Waals surface area (Å²) < 4.78 is 4.70. The topological polar surface area (TPSA) is 63.6 Å². The lowest BCUT2D eigenvalue weighted by atomic mass is 10.1. The Labute approximate surface area is 77.8 Å². The minimum Gasteiger partial charge on any atom is -0.478 e. The van der Waals surface area contributed by atoms with Gasteiger partial charge in [0.15, 0.2) is 0 Å². The highest BCUT2D eigenvalue weighted by Crippen LogP contribution is 2.25. The number of carboxylic acid groups (broad SMARTS) is 1. The van der Waals surface area contributed by atoms with E-state index in [4.69, 9.17) is 9.84 Å². The molecule has 1 N–H and O–H groups in total. The van der Waals surface area contributed by atoms with E-state index in [1.165, 1.54) is 11.3 Å². The van der Waals surface area contributed by atoms with Crippen molar-refractivity contribution < 1.29 is 19.4 Å². The number of fused-ring (bicyclic) bond motifs is 1. The van der Waals surface area contributed by atoms with Gasteiger partial charge < -0.3 is 9.84 Å². The van der Waals surface area contributed by atoms with Crippen LogP contribution >= 0.6 is 11.3 Å². The van der Waals surface area contributed by atoms with Crippen molar-refractivity contribution in [1.82, 2.24) is 0 Å². The molecule has 1 unspecified atom stereocenters. The lowest BCUT2D eigenvalue weighted by molar-refractivity contribution is -0.147. The quantitative estimate of drug-likeness (QED) is 0.681. The third-order valence-electron chi connectivity index (χ3n) is 1.86. The van der Waals surface area contributed by atoms with Gasteiger partial charge in [-0.25, -0.2) is 9.59 Å². The van der Waals surface area contributed by atoms with Crippen molar-refractivity contribution in [2.45, 2.75) is 12.5 Å². The number of aliphatic carboxylic acids is 1. The first-order valence-electron chi connectivity index (χ1n) is 3.68. The number of thiophene rings is 1. The molecule has 1 aromatic rings. The Balaban J connectivity index is 2.34. The molecule has 2 heterocycles. The third kappa shape index (κ3) is 1.31. The Kier molecular flexibility index (Phi) is 1.81. The monoisotopic (exact) mass is 198 g/mol. The van der Waals surface area contributed by atoms with Crippen LogP contribution in [0.3, 0.4) is 0 Å². The Morgan fingerprint density at radius 1 is 1.69 bits per heavy atom. The number of carboxylic acids is 1. The first-order valence-corrected chi connectivity index (χ1v) is 4.56. The molecule has 0 aliphatic carbocycles. The van der Waals surface area contributed by atoms with Gasteiger partial charge in [-0.3, -0.25) is 0 Å². The van der Waals surface area contributed by atoms with Crippen LogP contribution in [-0.4, -0.2) is 23.1 Å². The smallest absolute Gasteiger partial charge is 0.349 e. The second kappa shape index (κ2) is 2.85. The number of carbonyl (C=O) groups excluding carboxylic acids is 1. The summed E-state index contributed by atoms with van der Waals surface area (Å²) >= 11 is 1.28. The first kappa shape index (κ1) is 8.25. The third-order valence-corrected chi connectivity index (χ3v) is 2.80. The molecular weight excluding hydrogens is 192 g/mol. The molecule has 1 aliphatic heterocycles. The average Bonchev–Trinajstić information content (AvgIpc) is 2.51. The van der Waals surface area contributed by atoms with E-state index in [9.17, 15) is 9.59 Å². The maximum absolute atomic E-state index is 11.2. The summed E-state index contributed by atoms with van der Waals surface area (Å²) in [5.41, 5.74) is 0.772. The van der Waals surface area contributed by atoms with Gasteiger partial charge in [0.2, 0.25) is 6.10 Å². The van der Waals surface area contributed by atoms with E-state index in [-0.39, 0.29) is 6.42 Å². The molecule has 0 spiro atoms. The molecule has 0 aromatic carbocycles. The van der Waals surface area contributed by atoms with Crippen LogP contribution in [0, 0.1) is 0 Å². The second-order valence-corrected chi connectivity index (χ2v) is 3.63. The van der Waals surface area contributed by atoms with Crippen molar-refractivity contribution in [3.05, 3.63) is 21.9 Å². The molecule has 1 atom stereocenters. The van der Waals surface area contributed by atoms with Crippen LogP contribution in [0.25, 0.3) is 0 Å². The summed E-state index contributed by atoms with van der Waals surface area (Å²) in [6.45, 7) is 0. The molecule has 68 valence electrons.